The van der Waals surface area contributed by atoms with Crippen LogP contribution in [0.3, 0.4) is 0 Å². The number of benzene rings is 1. The highest BCUT2D eigenvalue weighted by molar-refractivity contribution is 6.05. The zero-order valence-electron chi connectivity index (χ0n) is 11.8. The van der Waals surface area contributed by atoms with Crippen LogP contribution in [0.2, 0.25) is 0 Å². The van der Waals surface area contributed by atoms with Gasteiger partial charge >= 0.3 is 0 Å². The van der Waals surface area contributed by atoms with Crippen molar-refractivity contribution in [2.24, 2.45) is 0 Å². The minimum Gasteiger partial charge on any atom is -0.354 e. The molecule has 1 amide bonds. The second kappa shape index (κ2) is 6.45. The molecule has 0 aliphatic heterocycles. The molecule has 0 fully saturated rings. The smallest absolute Gasteiger partial charge is 0.270 e. The van der Waals surface area contributed by atoms with Crippen molar-refractivity contribution in [3.05, 3.63) is 42.2 Å². The van der Waals surface area contributed by atoms with E-state index in [1.165, 1.54) is 14.2 Å². The Balaban J connectivity index is 2.24. The summed E-state index contributed by atoms with van der Waals surface area (Å²) < 4.78 is 10.3. The van der Waals surface area contributed by atoms with Crippen LogP contribution in [-0.4, -0.2) is 37.4 Å². The van der Waals surface area contributed by atoms with E-state index < -0.39 is 6.29 Å². The van der Waals surface area contributed by atoms with Crippen LogP contribution in [-0.2, 0) is 9.47 Å². The second-order valence-electron chi connectivity index (χ2n) is 4.48. The third-order valence-corrected chi connectivity index (χ3v) is 3.12. The Bertz CT molecular complexity index is 591. The first-order chi connectivity index (χ1) is 9.67. The first-order valence-corrected chi connectivity index (χ1v) is 6.37. The minimum absolute atomic E-state index is 0.242. The average Bonchev–Trinajstić information content (AvgIpc) is 2.47. The van der Waals surface area contributed by atoms with Crippen LogP contribution < -0.4 is 5.32 Å². The van der Waals surface area contributed by atoms with Gasteiger partial charge in [0.15, 0.2) is 6.29 Å². The SMILES string of the molecule is COC(OC)C(C)NC(=O)c1nccc2ccccc12. The summed E-state index contributed by atoms with van der Waals surface area (Å²) in [7, 11) is 3.07. The third-order valence-electron chi connectivity index (χ3n) is 3.12. The molecular weight excluding hydrogens is 256 g/mol. The van der Waals surface area contributed by atoms with Crippen molar-refractivity contribution in [2.75, 3.05) is 14.2 Å². The van der Waals surface area contributed by atoms with E-state index in [0.717, 1.165) is 10.8 Å². The molecule has 2 aromatic rings. The van der Waals surface area contributed by atoms with Crippen molar-refractivity contribution >= 4 is 16.7 Å². The number of hydrogen-bond acceptors (Lipinski definition) is 4. The fourth-order valence-corrected chi connectivity index (χ4v) is 2.15. The predicted octanol–water partition coefficient (Wildman–Crippen LogP) is 1.97. The Hall–Kier alpha value is -1.98. The van der Waals surface area contributed by atoms with Crippen LogP contribution in [0.15, 0.2) is 36.5 Å². The highest BCUT2D eigenvalue weighted by atomic mass is 16.7. The van der Waals surface area contributed by atoms with Gasteiger partial charge in [0.2, 0.25) is 0 Å². The molecule has 2 rings (SSSR count). The number of fused-ring (bicyclic) bond motifs is 1. The Morgan fingerprint density at radius 2 is 1.90 bits per heavy atom. The average molecular weight is 274 g/mol. The molecule has 0 radical (unpaired) electrons. The van der Waals surface area contributed by atoms with Gasteiger partial charge < -0.3 is 14.8 Å². The number of ether oxygens (including phenoxy) is 2. The van der Waals surface area contributed by atoms with Gasteiger partial charge in [-0.1, -0.05) is 24.3 Å². The number of carbonyl (C=O) groups is 1. The molecule has 5 nitrogen and oxygen atoms in total. The molecule has 0 saturated carbocycles. The molecule has 0 aliphatic carbocycles. The van der Waals surface area contributed by atoms with Gasteiger partial charge in [0.1, 0.15) is 5.69 Å². The fourth-order valence-electron chi connectivity index (χ4n) is 2.15. The summed E-state index contributed by atoms with van der Waals surface area (Å²) in [6.45, 7) is 1.82. The normalized spacial score (nSPS) is 12.6. The largest absolute Gasteiger partial charge is 0.354 e. The summed E-state index contributed by atoms with van der Waals surface area (Å²) in [4.78, 5) is 16.5. The van der Waals surface area contributed by atoms with E-state index in [1.807, 2.05) is 37.3 Å². The van der Waals surface area contributed by atoms with E-state index in [2.05, 4.69) is 10.3 Å². The fraction of sp³-hybridized carbons (Fsp3) is 0.333. The monoisotopic (exact) mass is 274 g/mol. The molecule has 1 atom stereocenters. The summed E-state index contributed by atoms with van der Waals surface area (Å²) in [6.07, 6.45) is 1.14. The number of nitrogens with zero attached hydrogens (tertiary/aromatic N) is 1. The quantitative estimate of drug-likeness (QED) is 0.847. The maximum Gasteiger partial charge on any atom is 0.270 e. The van der Waals surface area contributed by atoms with Gasteiger partial charge in [-0.25, -0.2) is 0 Å². The Labute approximate surface area is 117 Å². The number of hydrogen-bond donors (Lipinski definition) is 1. The lowest BCUT2D eigenvalue weighted by molar-refractivity contribution is -0.117. The van der Waals surface area contributed by atoms with E-state index >= 15 is 0 Å². The molecule has 106 valence electrons. The number of nitrogens with one attached hydrogen (secondary N) is 1. The molecule has 0 bridgehead atoms. The van der Waals surface area contributed by atoms with Gasteiger partial charge in [0, 0.05) is 25.8 Å². The summed E-state index contributed by atoms with van der Waals surface area (Å²) in [5.74, 6) is -0.242. The van der Waals surface area contributed by atoms with E-state index in [-0.39, 0.29) is 11.9 Å². The van der Waals surface area contributed by atoms with E-state index in [4.69, 9.17) is 9.47 Å². The molecule has 1 unspecified atom stereocenters. The lowest BCUT2D eigenvalue weighted by atomic mass is 10.1. The minimum atomic E-state index is -0.492. The van der Waals surface area contributed by atoms with Crippen molar-refractivity contribution < 1.29 is 14.3 Å². The maximum atomic E-state index is 12.3. The number of pyridine rings is 1. The molecule has 1 aromatic carbocycles. The second-order valence-corrected chi connectivity index (χ2v) is 4.48. The summed E-state index contributed by atoms with van der Waals surface area (Å²) in [5.41, 5.74) is 0.404. The highest BCUT2D eigenvalue weighted by Gasteiger charge is 2.20. The van der Waals surface area contributed by atoms with Crippen molar-refractivity contribution in [2.45, 2.75) is 19.3 Å². The van der Waals surface area contributed by atoms with Gasteiger partial charge in [-0.15, -0.1) is 0 Å². The summed E-state index contributed by atoms with van der Waals surface area (Å²) >= 11 is 0. The van der Waals surface area contributed by atoms with E-state index in [0.29, 0.717) is 5.69 Å². The summed E-state index contributed by atoms with van der Waals surface area (Å²) in [5, 5.41) is 4.65. The Kier molecular flexibility index (Phi) is 4.65. The first kappa shape index (κ1) is 14.4. The Morgan fingerprint density at radius 3 is 2.60 bits per heavy atom. The molecule has 1 N–H and O–H groups in total. The number of carbonyl (C=O) groups excluding carboxylic acids is 1. The number of amides is 1. The maximum absolute atomic E-state index is 12.3. The van der Waals surface area contributed by atoms with Crippen molar-refractivity contribution in [3.8, 4) is 0 Å². The third kappa shape index (κ3) is 2.95. The number of methoxy groups -OCH3 is 2. The molecule has 0 spiro atoms. The van der Waals surface area contributed by atoms with Crippen LogP contribution in [0.1, 0.15) is 17.4 Å². The van der Waals surface area contributed by atoms with Crippen molar-refractivity contribution in [1.82, 2.24) is 10.3 Å². The summed E-state index contributed by atoms with van der Waals surface area (Å²) in [6, 6.07) is 9.24. The van der Waals surface area contributed by atoms with Crippen LogP contribution >= 0.6 is 0 Å². The van der Waals surface area contributed by atoms with Crippen LogP contribution in [0.25, 0.3) is 10.8 Å². The zero-order valence-corrected chi connectivity index (χ0v) is 11.8. The molecule has 1 aromatic heterocycles. The molecule has 1 heterocycles. The molecule has 0 aliphatic rings. The zero-order chi connectivity index (χ0) is 14.5. The molecular formula is C15H18N2O3. The number of aromatic nitrogens is 1. The lowest BCUT2D eigenvalue weighted by Crippen LogP contribution is -2.43. The van der Waals surface area contributed by atoms with Gasteiger partial charge in [-0.2, -0.15) is 0 Å². The highest BCUT2D eigenvalue weighted by Crippen LogP contribution is 2.16. The van der Waals surface area contributed by atoms with Gasteiger partial charge in [-0.05, 0) is 18.4 Å². The van der Waals surface area contributed by atoms with Gasteiger partial charge in [0.05, 0.1) is 6.04 Å². The van der Waals surface area contributed by atoms with Crippen LogP contribution in [0, 0.1) is 0 Å². The van der Waals surface area contributed by atoms with Gasteiger partial charge in [-0.3, -0.25) is 9.78 Å². The van der Waals surface area contributed by atoms with Crippen LogP contribution in [0.5, 0.6) is 0 Å². The topological polar surface area (TPSA) is 60.5 Å². The molecule has 5 heteroatoms. The standard InChI is InChI=1S/C15H18N2O3/c1-10(15(19-2)20-3)17-14(18)13-12-7-5-4-6-11(12)8-9-16-13/h4-10,15H,1-3H3,(H,17,18). The van der Waals surface area contributed by atoms with Crippen LogP contribution in [0.4, 0.5) is 0 Å². The van der Waals surface area contributed by atoms with E-state index in [1.54, 1.807) is 6.20 Å². The lowest BCUT2D eigenvalue weighted by Gasteiger charge is -2.22. The Morgan fingerprint density at radius 1 is 1.20 bits per heavy atom. The molecule has 20 heavy (non-hydrogen) atoms. The predicted molar refractivity (Wildman–Crippen MR) is 76.5 cm³/mol. The van der Waals surface area contributed by atoms with Crippen molar-refractivity contribution in [3.63, 3.8) is 0 Å². The van der Waals surface area contributed by atoms with Crippen molar-refractivity contribution in [1.29, 1.82) is 0 Å². The molecule has 0 saturated heterocycles. The van der Waals surface area contributed by atoms with E-state index in [9.17, 15) is 4.79 Å². The number of rotatable bonds is 5. The first-order valence-electron chi connectivity index (χ1n) is 6.37. The van der Waals surface area contributed by atoms with Gasteiger partial charge in [0.25, 0.3) is 5.91 Å².